The molecule has 1 aliphatic heterocycles. The second-order valence-electron chi connectivity index (χ2n) is 5.23. The van der Waals surface area contributed by atoms with Crippen LogP contribution in [0.3, 0.4) is 0 Å². The Kier molecular flexibility index (Phi) is 5.61. The van der Waals surface area contributed by atoms with Crippen LogP contribution in [0.1, 0.15) is 36.0 Å². The Bertz CT molecular complexity index is 502. The van der Waals surface area contributed by atoms with Gasteiger partial charge in [-0.1, -0.05) is 0 Å². The molecule has 1 N–H and O–H groups in total. The summed E-state index contributed by atoms with van der Waals surface area (Å²) in [5.41, 5.74) is -0.464. The number of carbonyl (C=O) groups excluding carboxylic acids is 1. The fraction of sp³-hybridized carbons (Fsp3) is 0.533. The number of hydrogen-bond acceptors (Lipinski definition) is 2. The van der Waals surface area contributed by atoms with Crippen LogP contribution in [-0.2, 0) is 0 Å². The van der Waals surface area contributed by atoms with Crippen LogP contribution in [0.25, 0.3) is 0 Å². The summed E-state index contributed by atoms with van der Waals surface area (Å²) in [5.74, 6) is -5.07. The van der Waals surface area contributed by atoms with Crippen molar-refractivity contribution in [2.45, 2.75) is 25.7 Å². The molecule has 1 saturated heterocycles. The number of benzene rings is 1. The van der Waals surface area contributed by atoms with E-state index in [1.807, 2.05) is 0 Å². The van der Waals surface area contributed by atoms with E-state index in [9.17, 15) is 18.0 Å². The van der Waals surface area contributed by atoms with E-state index in [1.165, 1.54) is 12.8 Å². The number of amides is 1. The molecule has 0 radical (unpaired) electrons. The van der Waals surface area contributed by atoms with Gasteiger partial charge in [0.2, 0.25) is 0 Å². The summed E-state index contributed by atoms with van der Waals surface area (Å²) in [6, 6.07) is 1.70. The lowest BCUT2D eigenvalue weighted by molar-refractivity contribution is 0.0947. The molecule has 0 saturated carbocycles. The van der Waals surface area contributed by atoms with E-state index >= 15 is 0 Å². The standard InChI is InChI=1S/C15H19F3N2O/c16-12-6-5-11(13(17)14(12)18)15(21)19-7-1-2-8-20-9-3-4-10-20/h5-6H,1-4,7-10H2,(H,19,21). The number of halogens is 3. The summed E-state index contributed by atoms with van der Waals surface area (Å²) in [5, 5.41) is 2.53. The highest BCUT2D eigenvalue weighted by Gasteiger charge is 2.18. The van der Waals surface area contributed by atoms with E-state index in [0.29, 0.717) is 6.54 Å². The van der Waals surface area contributed by atoms with Gasteiger partial charge in [-0.15, -0.1) is 0 Å². The number of carbonyl (C=O) groups is 1. The van der Waals surface area contributed by atoms with E-state index < -0.39 is 28.9 Å². The van der Waals surface area contributed by atoms with E-state index in [-0.39, 0.29) is 0 Å². The molecule has 1 fully saturated rings. The Balaban J connectivity index is 1.73. The van der Waals surface area contributed by atoms with Gasteiger partial charge < -0.3 is 10.2 Å². The first kappa shape index (κ1) is 15.8. The summed E-state index contributed by atoms with van der Waals surface area (Å²) < 4.78 is 39.2. The summed E-state index contributed by atoms with van der Waals surface area (Å²) in [7, 11) is 0. The highest BCUT2D eigenvalue weighted by Crippen LogP contribution is 2.15. The smallest absolute Gasteiger partial charge is 0.254 e. The van der Waals surface area contributed by atoms with Gasteiger partial charge in [-0.25, -0.2) is 13.2 Å². The predicted molar refractivity (Wildman–Crippen MR) is 73.6 cm³/mol. The second-order valence-corrected chi connectivity index (χ2v) is 5.23. The van der Waals surface area contributed by atoms with Gasteiger partial charge in [0.05, 0.1) is 5.56 Å². The van der Waals surface area contributed by atoms with Crippen molar-refractivity contribution in [3.05, 3.63) is 35.1 Å². The fourth-order valence-electron chi connectivity index (χ4n) is 2.47. The Hall–Kier alpha value is -1.56. The number of rotatable bonds is 6. The lowest BCUT2D eigenvalue weighted by atomic mass is 10.2. The highest BCUT2D eigenvalue weighted by molar-refractivity contribution is 5.94. The molecular weight excluding hydrogens is 281 g/mol. The van der Waals surface area contributed by atoms with E-state index in [1.54, 1.807) is 0 Å². The molecule has 1 aromatic rings. The SMILES string of the molecule is O=C(NCCCCN1CCCC1)c1ccc(F)c(F)c1F. The zero-order chi connectivity index (χ0) is 15.2. The average Bonchev–Trinajstić information content (AvgIpc) is 2.97. The number of nitrogens with one attached hydrogen (secondary N) is 1. The summed E-state index contributed by atoms with van der Waals surface area (Å²) >= 11 is 0. The van der Waals surface area contributed by atoms with Crippen molar-refractivity contribution in [1.82, 2.24) is 10.2 Å². The van der Waals surface area contributed by atoms with Gasteiger partial charge in [-0.2, -0.15) is 0 Å². The van der Waals surface area contributed by atoms with Crippen molar-refractivity contribution in [2.75, 3.05) is 26.2 Å². The van der Waals surface area contributed by atoms with Crippen molar-refractivity contribution < 1.29 is 18.0 Å². The van der Waals surface area contributed by atoms with Gasteiger partial charge in [0.25, 0.3) is 5.91 Å². The van der Waals surface area contributed by atoms with Gasteiger partial charge in [0.1, 0.15) is 0 Å². The topological polar surface area (TPSA) is 32.3 Å². The third kappa shape index (κ3) is 4.20. The zero-order valence-corrected chi connectivity index (χ0v) is 11.8. The Morgan fingerprint density at radius 1 is 1.10 bits per heavy atom. The van der Waals surface area contributed by atoms with E-state index in [4.69, 9.17) is 0 Å². The molecule has 0 aliphatic carbocycles. The molecule has 3 nitrogen and oxygen atoms in total. The first-order chi connectivity index (χ1) is 10.1. The van der Waals surface area contributed by atoms with Crippen LogP contribution in [-0.4, -0.2) is 37.0 Å². The van der Waals surface area contributed by atoms with Gasteiger partial charge in [0.15, 0.2) is 17.5 Å². The summed E-state index contributed by atoms with van der Waals surface area (Å²) in [6.45, 7) is 3.65. The summed E-state index contributed by atoms with van der Waals surface area (Å²) in [4.78, 5) is 14.1. The minimum atomic E-state index is -1.61. The van der Waals surface area contributed by atoms with Crippen molar-refractivity contribution >= 4 is 5.91 Å². The highest BCUT2D eigenvalue weighted by atomic mass is 19.2. The average molecular weight is 300 g/mol. The third-order valence-electron chi connectivity index (χ3n) is 3.67. The number of likely N-dealkylation sites (tertiary alicyclic amines) is 1. The molecule has 0 bridgehead atoms. The van der Waals surface area contributed by atoms with Crippen LogP contribution in [0.5, 0.6) is 0 Å². The van der Waals surface area contributed by atoms with Crippen LogP contribution in [0.15, 0.2) is 12.1 Å². The predicted octanol–water partition coefficient (Wildman–Crippen LogP) is 2.71. The fourth-order valence-corrected chi connectivity index (χ4v) is 2.47. The van der Waals surface area contributed by atoms with Crippen LogP contribution in [0.2, 0.25) is 0 Å². The van der Waals surface area contributed by atoms with Crippen LogP contribution in [0, 0.1) is 17.5 Å². The first-order valence-electron chi connectivity index (χ1n) is 7.23. The van der Waals surface area contributed by atoms with Crippen LogP contribution < -0.4 is 5.32 Å². The second kappa shape index (κ2) is 7.45. The molecule has 1 aromatic carbocycles. The van der Waals surface area contributed by atoms with Gasteiger partial charge in [-0.3, -0.25) is 4.79 Å². The maximum atomic E-state index is 13.4. The van der Waals surface area contributed by atoms with Crippen molar-refractivity contribution in [2.24, 2.45) is 0 Å². The molecule has 116 valence electrons. The zero-order valence-electron chi connectivity index (χ0n) is 11.8. The van der Waals surface area contributed by atoms with Crippen molar-refractivity contribution in [1.29, 1.82) is 0 Å². The quantitative estimate of drug-likeness (QED) is 0.647. The number of hydrogen-bond donors (Lipinski definition) is 1. The van der Waals surface area contributed by atoms with Gasteiger partial charge in [0, 0.05) is 6.54 Å². The summed E-state index contributed by atoms with van der Waals surface area (Å²) in [6.07, 6.45) is 4.20. The molecule has 0 unspecified atom stereocenters. The van der Waals surface area contributed by atoms with Crippen LogP contribution >= 0.6 is 0 Å². The van der Waals surface area contributed by atoms with Crippen molar-refractivity contribution in [3.8, 4) is 0 Å². The molecule has 0 aromatic heterocycles. The molecule has 0 spiro atoms. The number of unbranched alkanes of at least 4 members (excludes halogenated alkanes) is 1. The molecule has 1 amide bonds. The maximum Gasteiger partial charge on any atom is 0.254 e. The molecule has 1 aliphatic rings. The molecule has 0 atom stereocenters. The largest absolute Gasteiger partial charge is 0.352 e. The Morgan fingerprint density at radius 3 is 2.52 bits per heavy atom. The third-order valence-corrected chi connectivity index (χ3v) is 3.67. The van der Waals surface area contributed by atoms with E-state index in [2.05, 4.69) is 10.2 Å². The molecule has 1 heterocycles. The van der Waals surface area contributed by atoms with E-state index in [0.717, 1.165) is 44.6 Å². The first-order valence-corrected chi connectivity index (χ1v) is 7.23. The lowest BCUT2D eigenvalue weighted by Gasteiger charge is -2.14. The van der Waals surface area contributed by atoms with Crippen LogP contribution in [0.4, 0.5) is 13.2 Å². The Morgan fingerprint density at radius 2 is 1.81 bits per heavy atom. The normalized spacial score (nSPS) is 15.4. The number of nitrogens with zero attached hydrogens (tertiary/aromatic N) is 1. The maximum absolute atomic E-state index is 13.4. The molecular formula is C15H19F3N2O. The lowest BCUT2D eigenvalue weighted by Crippen LogP contribution is -2.27. The molecule has 21 heavy (non-hydrogen) atoms. The van der Waals surface area contributed by atoms with Gasteiger partial charge in [-0.05, 0) is 57.5 Å². The minimum absolute atomic E-state index is 0.394. The molecule has 6 heteroatoms. The monoisotopic (exact) mass is 300 g/mol. The van der Waals surface area contributed by atoms with Crippen molar-refractivity contribution in [3.63, 3.8) is 0 Å². The van der Waals surface area contributed by atoms with Gasteiger partial charge >= 0.3 is 0 Å². The Labute approximate surface area is 122 Å². The minimum Gasteiger partial charge on any atom is -0.352 e. The molecule has 2 rings (SSSR count).